The Morgan fingerprint density at radius 2 is 2.09 bits per heavy atom. The molecular formula is C15H16F3N3O2. The van der Waals surface area contributed by atoms with E-state index in [4.69, 9.17) is 0 Å². The van der Waals surface area contributed by atoms with Crippen molar-refractivity contribution in [2.75, 3.05) is 0 Å². The molecule has 1 unspecified atom stereocenters. The predicted octanol–water partition coefficient (Wildman–Crippen LogP) is 2.36. The summed E-state index contributed by atoms with van der Waals surface area (Å²) in [5.41, 5.74) is -3.22. The van der Waals surface area contributed by atoms with Gasteiger partial charge in [0.1, 0.15) is 29.7 Å². The van der Waals surface area contributed by atoms with Crippen molar-refractivity contribution in [3.05, 3.63) is 42.5 Å². The molecule has 0 spiro atoms. The summed E-state index contributed by atoms with van der Waals surface area (Å²) in [7, 11) is 0. The zero-order valence-corrected chi connectivity index (χ0v) is 12.2. The van der Waals surface area contributed by atoms with Gasteiger partial charge < -0.3 is 9.84 Å². The Bertz CT molecular complexity index is 662. The fourth-order valence-electron chi connectivity index (χ4n) is 2.69. The molecule has 0 bridgehead atoms. The number of benzene rings is 1. The van der Waals surface area contributed by atoms with E-state index >= 15 is 0 Å². The maximum Gasteiger partial charge on any atom is 0.387 e. The van der Waals surface area contributed by atoms with Gasteiger partial charge in [0.2, 0.25) is 0 Å². The summed E-state index contributed by atoms with van der Waals surface area (Å²) in [6.45, 7) is -3.10. The van der Waals surface area contributed by atoms with Crippen molar-refractivity contribution < 1.29 is 23.0 Å². The van der Waals surface area contributed by atoms with E-state index in [1.807, 2.05) is 0 Å². The highest BCUT2D eigenvalue weighted by molar-refractivity contribution is 5.35. The molecule has 0 radical (unpaired) electrons. The number of ether oxygens (including phenoxy) is 1. The second-order valence-corrected chi connectivity index (χ2v) is 5.75. The second kappa shape index (κ2) is 5.84. The third kappa shape index (κ3) is 3.31. The van der Waals surface area contributed by atoms with Crippen molar-refractivity contribution in [3.63, 3.8) is 0 Å². The third-order valence-electron chi connectivity index (χ3n) is 4.08. The Labute approximate surface area is 130 Å². The third-order valence-corrected chi connectivity index (χ3v) is 4.08. The number of aromatic nitrogens is 3. The SMILES string of the molecule is OC(Cc1ccccc1OC(F)F)(Cn1cncn1)C1(F)CC1. The molecule has 5 nitrogen and oxygen atoms in total. The standard InChI is InChI=1S/C15H16F3N3O2/c16-13(17)23-12-4-2-1-3-11(12)7-15(22,14(18)5-6-14)8-21-10-19-9-20-21/h1-4,9-10,13,22H,5-8H2. The zero-order chi connectivity index (χ0) is 16.5. The average molecular weight is 327 g/mol. The summed E-state index contributed by atoms with van der Waals surface area (Å²) in [4.78, 5) is 3.77. The number of nitrogens with zero attached hydrogens (tertiary/aromatic N) is 3. The summed E-state index contributed by atoms with van der Waals surface area (Å²) < 4.78 is 45.5. The van der Waals surface area contributed by atoms with Crippen LogP contribution in [0, 0.1) is 0 Å². The molecule has 0 amide bonds. The topological polar surface area (TPSA) is 60.2 Å². The van der Waals surface area contributed by atoms with Crippen LogP contribution >= 0.6 is 0 Å². The van der Waals surface area contributed by atoms with Gasteiger partial charge in [-0.2, -0.15) is 13.9 Å². The van der Waals surface area contributed by atoms with Crippen LogP contribution in [0.15, 0.2) is 36.9 Å². The van der Waals surface area contributed by atoms with Crippen molar-refractivity contribution in [2.45, 2.75) is 43.7 Å². The fraction of sp³-hybridized carbons (Fsp3) is 0.467. The highest BCUT2D eigenvalue weighted by atomic mass is 19.3. The first-order valence-corrected chi connectivity index (χ1v) is 7.18. The molecule has 1 aliphatic rings. The van der Waals surface area contributed by atoms with Crippen LogP contribution in [0.25, 0.3) is 0 Å². The van der Waals surface area contributed by atoms with Crippen LogP contribution in [0.2, 0.25) is 0 Å². The van der Waals surface area contributed by atoms with Crippen molar-refractivity contribution in [2.24, 2.45) is 0 Å². The molecule has 1 aromatic heterocycles. The fourth-order valence-corrected chi connectivity index (χ4v) is 2.69. The van der Waals surface area contributed by atoms with Crippen LogP contribution < -0.4 is 4.74 Å². The Balaban J connectivity index is 1.88. The lowest BCUT2D eigenvalue weighted by Crippen LogP contribution is -2.47. The van der Waals surface area contributed by atoms with Crippen LogP contribution in [-0.2, 0) is 13.0 Å². The molecule has 1 heterocycles. The lowest BCUT2D eigenvalue weighted by Gasteiger charge is -2.32. The van der Waals surface area contributed by atoms with Crippen molar-refractivity contribution >= 4 is 0 Å². The zero-order valence-electron chi connectivity index (χ0n) is 12.2. The Hall–Kier alpha value is -2.09. The number of aliphatic hydroxyl groups is 1. The van der Waals surface area contributed by atoms with Gasteiger partial charge in [-0.15, -0.1) is 0 Å². The minimum absolute atomic E-state index is 0.0660. The molecule has 1 aromatic carbocycles. The van der Waals surface area contributed by atoms with Gasteiger partial charge in [0.05, 0.1) is 6.54 Å². The van der Waals surface area contributed by atoms with Crippen LogP contribution in [0.3, 0.4) is 0 Å². The number of para-hydroxylation sites is 1. The van der Waals surface area contributed by atoms with Crippen LogP contribution in [0.1, 0.15) is 18.4 Å². The van der Waals surface area contributed by atoms with E-state index in [9.17, 15) is 18.3 Å². The van der Waals surface area contributed by atoms with E-state index in [2.05, 4.69) is 14.8 Å². The molecule has 1 fully saturated rings. The Kier molecular flexibility index (Phi) is 4.01. The maximum absolute atomic E-state index is 14.7. The summed E-state index contributed by atoms with van der Waals surface area (Å²) in [6, 6.07) is 6.08. The number of rotatable bonds is 7. The monoisotopic (exact) mass is 327 g/mol. The van der Waals surface area contributed by atoms with E-state index < -0.39 is 17.9 Å². The van der Waals surface area contributed by atoms with Crippen molar-refractivity contribution in [1.82, 2.24) is 14.8 Å². The molecule has 23 heavy (non-hydrogen) atoms. The summed E-state index contributed by atoms with van der Waals surface area (Å²) in [6.07, 6.45) is 2.93. The van der Waals surface area contributed by atoms with E-state index in [1.54, 1.807) is 12.1 Å². The van der Waals surface area contributed by atoms with E-state index in [-0.39, 0.29) is 31.6 Å². The lowest BCUT2D eigenvalue weighted by atomic mass is 9.87. The molecule has 1 saturated carbocycles. The molecule has 1 N–H and O–H groups in total. The summed E-state index contributed by atoms with van der Waals surface area (Å²) in [5, 5.41) is 14.8. The van der Waals surface area contributed by atoms with Crippen molar-refractivity contribution in [1.29, 1.82) is 0 Å². The first kappa shape index (κ1) is 15.8. The van der Waals surface area contributed by atoms with Gasteiger partial charge in [-0.1, -0.05) is 18.2 Å². The number of halogens is 3. The van der Waals surface area contributed by atoms with Crippen LogP contribution in [0.5, 0.6) is 5.75 Å². The quantitative estimate of drug-likeness (QED) is 0.848. The largest absolute Gasteiger partial charge is 0.435 e. The minimum atomic E-state index is -2.99. The average Bonchev–Trinajstić information content (AvgIpc) is 3.05. The molecular weight excluding hydrogens is 311 g/mol. The summed E-state index contributed by atoms with van der Waals surface area (Å²) in [5.74, 6) is -0.0660. The van der Waals surface area contributed by atoms with Crippen LogP contribution in [-0.4, -0.2) is 37.8 Å². The van der Waals surface area contributed by atoms with Gasteiger partial charge in [0.25, 0.3) is 0 Å². The highest BCUT2D eigenvalue weighted by Gasteiger charge is 2.60. The van der Waals surface area contributed by atoms with Crippen molar-refractivity contribution in [3.8, 4) is 5.75 Å². The van der Waals surface area contributed by atoms with Gasteiger partial charge >= 0.3 is 6.61 Å². The van der Waals surface area contributed by atoms with Gasteiger partial charge in [0, 0.05) is 6.42 Å². The first-order valence-electron chi connectivity index (χ1n) is 7.18. The number of hydrogen-bond acceptors (Lipinski definition) is 4. The minimum Gasteiger partial charge on any atom is -0.435 e. The maximum atomic E-state index is 14.7. The molecule has 1 aliphatic carbocycles. The molecule has 1 atom stereocenters. The molecule has 0 saturated heterocycles. The van der Waals surface area contributed by atoms with E-state index in [0.717, 1.165) is 0 Å². The number of hydrogen-bond donors (Lipinski definition) is 1. The highest BCUT2D eigenvalue weighted by Crippen LogP contribution is 2.51. The summed E-state index contributed by atoms with van der Waals surface area (Å²) >= 11 is 0. The Morgan fingerprint density at radius 3 is 2.70 bits per heavy atom. The van der Waals surface area contributed by atoms with Gasteiger partial charge in [-0.05, 0) is 24.5 Å². The molecule has 0 aliphatic heterocycles. The van der Waals surface area contributed by atoms with Crippen LogP contribution in [0.4, 0.5) is 13.2 Å². The molecule has 2 aromatic rings. The van der Waals surface area contributed by atoms with E-state index in [1.165, 1.54) is 29.5 Å². The predicted molar refractivity (Wildman–Crippen MR) is 74.8 cm³/mol. The molecule has 8 heteroatoms. The number of alkyl halides is 3. The lowest BCUT2D eigenvalue weighted by molar-refractivity contribution is -0.0693. The Morgan fingerprint density at radius 1 is 1.35 bits per heavy atom. The smallest absolute Gasteiger partial charge is 0.387 e. The van der Waals surface area contributed by atoms with Gasteiger partial charge in [-0.25, -0.2) is 14.1 Å². The molecule has 124 valence electrons. The van der Waals surface area contributed by atoms with Gasteiger partial charge in [0.15, 0.2) is 0 Å². The van der Waals surface area contributed by atoms with E-state index in [0.29, 0.717) is 5.56 Å². The second-order valence-electron chi connectivity index (χ2n) is 5.75. The first-order chi connectivity index (χ1) is 10.9. The normalized spacial score (nSPS) is 18.7. The molecule has 3 rings (SSSR count). The van der Waals surface area contributed by atoms with Gasteiger partial charge in [-0.3, -0.25) is 0 Å².